The van der Waals surface area contributed by atoms with Gasteiger partial charge in [-0.1, -0.05) is 43.8 Å². The molecule has 82 valence electrons. The van der Waals surface area contributed by atoms with Crippen LogP contribution in [0.15, 0.2) is 43.1 Å². The van der Waals surface area contributed by atoms with Crippen LogP contribution in [0.5, 0.6) is 0 Å². The zero-order valence-electron chi connectivity index (χ0n) is 9.58. The first-order valence-electron chi connectivity index (χ1n) is 5.77. The Hall–Kier alpha value is -1.24. The van der Waals surface area contributed by atoms with Gasteiger partial charge in [-0.25, -0.2) is 0 Å². The monoisotopic (exact) mass is 203 g/mol. The molecule has 1 nitrogen and oxygen atoms in total. The van der Waals surface area contributed by atoms with Gasteiger partial charge in [0.2, 0.25) is 0 Å². The minimum Gasteiger partial charge on any atom is -0.391 e. The normalized spacial score (nSPS) is 12.1. The first-order chi connectivity index (χ1) is 7.38. The molecule has 0 fully saturated rings. The van der Waals surface area contributed by atoms with Crippen molar-refractivity contribution < 1.29 is 0 Å². The molecule has 0 saturated carbocycles. The third kappa shape index (κ3) is 4.20. The van der Waals surface area contributed by atoms with E-state index in [2.05, 4.69) is 49.2 Å². The smallest absolute Gasteiger partial charge is 0.0141 e. The van der Waals surface area contributed by atoms with Crippen molar-refractivity contribution in [2.45, 2.75) is 32.1 Å². The Balaban J connectivity index is 2.39. The van der Waals surface area contributed by atoms with Crippen molar-refractivity contribution >= 4 is 0 Å². The standard InChI is InChI=1S/C14H21N/c1-3-13(11-8-12-15-4-2)14-9-6-5-7-10-14/h4-7,9-10,13,15H,2-3,8,11-12H2,1H3. The van der Waals surface area contributed by atoms with Gasteiger partial charge in [0.15, 0.2) is 0 Å². The minimum absolute atomic E-state index is 0.706. The summed E-state index contributed by atoms with van der Waals surface area (Å²) in [5.41, 5.74) is 1.47. The third-order valence-electron chi connectivity index (χ3n) is 2.78. The first-order valence-corrected chi connectivity index (χ1v) is 5.77. The van der Waals surface area contributed by atoms with Crippen molar-refractivity contribution in [1.29, 1.82) is 0 Å². The lowest BCUT2D eigenvalue weighted by molar-refractivity contribution is 0.567. The number of hydrogen-bond donors (Lipinski definition) is 1. The zero-order valence-corrected chi connectivity index (χ0v) is 9.58. The molecule has 1 N–H and O–H groups in total. The third-order valence-corrected chi connectivity index (χ3v) is 2.78. The Bertz CT molecular complexity index is 266. The van der Waals surface area contributed by atoms with Crippen LogP contribution in [0.3, 0.4) is 0 Å². The first kappa shape index (κ1) is 11.8. The summed E-state index contributed by atoms with van der Waals surface area (Å²) in [5, 5.41) is 3.14. The average molecular weight is 203 g/mol. The van der Waals surface area contributed by atoms with E-state index in [1.165, 1.54) is 24.8 Å². The van der Waals surface area contributed by atoms with Crippen LogP contribution in [0.2, 0.25) is 0 Å². The van der Waals surface area contributed by atoms with Crippen LogP contribution in [-0.4, -0.2) is 6.54 Å². The maximum absolute atomic E-state index is 3.64. The summed E-state index contributed by atoms with van der Waals surface area (Å²) in [6.07, 6.45) is 5.45. The summed E-state index contributed by atoms with van der Waals surface area (Å²) in [6.45, 7) is 6.94. The largest absolute Gasteiger partial charge is 0.391 e. The maximum atomic E-state index is 3.64. The van der Waals surface area contributed by atoms with Crippen molar-refractivity contribution in [2.75, 3.05) is 6.54 Å². The van der Waals surface area contributed by atoms with Gasteiger partial charge in [0.05, 0.1) is 0 Å². The summed E-state index contributed by atoms with van der Waals surface area (Å²) in [5.74, 6) is 0.706. The highest BCUT2D eigenvalue weighted by Crippen LogP contribution is 2.23. The Morgan fingerprint density at radius 2 is 2.07 bits per heavy atom. The van der Waals surface area contributed by atoms with Crippen LogP contribution in [0.25, 0.3) is 0 Å². The summed E-state index contributed by atoms with van der Waals surface area (Å²) in [7, 11) is 0. The quantitative estimate of drug-likeness (QED) is 0.666. The second-order valence-corrected chi connectivity index (χ2v) is 3.82. The Morgan fingerprint density at radius 1 is 1.33 bits per heavy atom. The van der Waals surface area contributed by atoms with Crippen LogP contribution in [0, 0.1) is 0 Å². The highest BCUT2D eigenvalue weighted by Gasteiger charge is 2.07. The Morgan fingerprint density at radius 3 is 2.67 bits per heavy atom. The molecule has 1 heteroatoms. The molecular weight excluding hydrogens is 182 g/mol. The van der Waals surface area contributed by atoms with Gasteiger partial charge in [-0.15, -0.1) is 0 Å². The van der Waals surface area contributed by atoms with Crippen LogP contribution < -0.4 is 5.32 Å². The van der Waals surface area contributed by atoms with Crippen molar-refractivity contribution in [3.63, 3.8) is 0 Å². The minimum atomic E-state index is 0.706. The van der Waals surface area contributed by atoms with E-state index in [1.54, 1.807) is 6.20 Å². The molecule has 1 aromatic carbocycles. The van der Waals surface area contributed by atoms with Crippen LogP contribution in [0.4, 0.5) is 0 Å². The lowest BCUT2D eigenvalue weighted by atomic mass is 9.92. The molecule has 0 aliphatic rings. The van der Waals surface area contributed by atoms with Gasteiger partial charge in [0.25, 0.3) is 0 Å². The predicted molar refractivity (Wildman–Crippen MR) is 66.9 cm³/mol. The highest BCUT2D eigenvalue weighted by molar-refractivity contribution is 5.19. The van der Waals surface area contributed by atoms with Gasteiger partial charge in [-0.05, 0) is 36.9 Å². The number of hydrogen-bond acceptors (Lipinski definition) is 1. The van der Waals surface area contributed by atoms with E-state index >= 15 is 0 Å². The molecule has 0 aliphatic heterocycles. The molecule has 0 spiro atoms. The second-order valence-electron chi connectivity index (χ2n) is 3.82. The molecule has 0 amide bonds. The fourth-order valence-electron chi connectivity index (χ4n) is 1.88. The SMILES string of the molecule is C=CNCCCC(CC)c1ccccc1. The molecule has 1 aromatic rings. The van der Waals surface area contributed by atoms with E-state index in [0.717, 1.165) is 6.54 Å². The fourth-order valence-corrected chi connectivity index (χ4v) is 1.88. The molecule has 0 aliphatic carbocycles. The fraction of sp³-hybridized carbons (Fsp3) is 0.429. The van der Waals surface area contributed by atoms with Crippen LogP contribution >= 0.6 is 0 Å². The molecule has 0 radical (unpaired) electrons. The van der Waals surface area contributed by atoms with E-state index in [1.807, 2.05) is 0 Å². The van der Waals surface area contributed by atoms with E-state index in [9.17, 15) is 0 Å². The Labute approximate surface area is 93.2 Å². The van der Waals surface area contributed by atoms with Crippen LogP contribution in [-0.2, 0) is 0 Å². The second kappa shape index (κ2) is 7.10. The number of rotatable bonds is 7. The van der Waals surface area contributed by atoms with Gasteiger partial charge in [0, 0.05) is 6.54 Å². The van der Waals surface area contributed by atoms with E-state index in [4.69, 9.17) is 0 Å². The highest BCUT2D eigenvalue weighted by atomic mass is 14.8. The van der Waals surface area contributed by atoms with E-state index in [0.29, 0.717) is 5.92 Å². The zero-order chi connectivity index (χ0) is 10.9. The van der Waals surface area contributed by atoms with Gasteiger partial charge >= 0.3 is 0 Å². The van der Waals surface area contributed by atoms with E-state index < -0.39 is 0 Å². The molecule has 0 bridgehead atoms. The van der Waals surface area contributed by atoms with Crippen molar-refractivity contribution in [3.8, 4) is 0 Å². The topological polar surface area (TPSA) is 12.0 Å². The molecule has 1 unspecified atom stereocenters. The van der Waals surface area contributed by atoms with Gasteiger partial charge in [0.1, 0.15) is 0 Å². The van der Waals surface area contributed by atoms with Gasteiger partial charge in [-0.2, -0.15) is 0 Å². The van der Waals surface area contributed by atoms with Crippen molar-refractivity contribution in [1.82, 2.24) is 5.32 Å². The summed E-state index contributed by atoms with van der Waals surface area (Å²) in [4.78, 5) is 0. The van der Waals surface area contributed by atoms with Gasteiger partial charge in [-0.3, -0.25) is 0 Å². The Kier molecular flexibility index (Phi) is 5.60. The number of benzene rings is 1. The summed E-state index contributed by atoms with van der Waals surface area (Å²) >= 11 is 0. The lowest BCUT2D eigenvalue weighted by Crippen LogP contribution is -2.08. The van der Waals surface area contributed by atoms with E-state index in [-0.39, 0.29) is 0 Å². The lowest BCUT2D eigenvalue weighted by Gasteiger charge is -2.14. The van der Waals surface area contributed by atoms with Crippen LogP contribution in [0.1, 0.15) is 37.7 Å². The molecular formula is C14H21N. The molecule has 15 heavy (non-hydrogen) atoms. The average Bonchev–Trinajstić information content (AvgIpc) is 2.30. The van der Waals surface area contributed by atoms with Crippen molar-refractivity contribution in [3.05, 3.63) is 48.7 Å². The molecule has 0 heterocycles. The predicted octanol–water partition coefficient (Wildman–Crippen LogP) is 3.69. The summed E-state index contributed by atoms with van der Waals surface area (Å²) in [6, 6.07) is 10.8. The number of nitrogens with one attached hydrogen (secondary N) is 1. The molecule has 1 atom stereocenters. The molecule has 0 aromatic heterocycles. The van der Waals surface area contributed by atoms with Gasteiger partial charge < -0.3 is 5.32 Å². The molecule has 0 saturated heterocycles. The summed E-state index contributed by atoms with van der Waals surface area (Å²) < 4.78 is 0. The maximum Gasteiger partial charge on any atom is 0.0141 e. The van der Waals surface area contributed by atoms with Crippen molar-refractivity contribution in [2.24, 2.45) is 0 Å². The molecule has 1 rings (SSSR count).